The standard InChI is InChI=1S/C11H9ClFN3O2/c1-18-11(17)9-10(14)16(5-15-9)6-2-3-8(13)7(12)4-6/h2-5H,14H2,1H3. The number of methoxy groups -OCH3 is 1. The van der Waals surface area contributed by atoms with Gasteiger partial charge in [-0.2, -0.15) is 0 Å². The number of anilines is 1. The van der Waals surface area contributed by atoms with E-state index in [0.717, 1.165) is 0 Å². The maximum absolute atomic E-state index is 13.0. The molecular weight excluding hydrogens is 261 g/mol. The van der Waals surface area contributed by atoms with Crippen molar-refractivity contribution in [2.24, 2.45) is 0 Å². The predicted octanol–water partition coefficient (Wildman–Crippen LogP) is 2.03. The molecule has 2 rings (SSSR count). The van der Waals surface area contributed by atoms with Crippen molar-refractivity contribution in [3.8, 4) is 5.69 Å². The third-order valence-corrected chi connectivity index (χ3v) is 2.65. The summed E-state index contributed by atoms with van der Waals surface area (Å²) in [4.78, 5) is 15.2. The number of hydrogen-bond acceptors (Lipinski definition) is 4. The molecule has 18 heavy (non-hydrogen) atoms. The Hall–Kier alpha value is -2.08. The number of imidazole rings is 1. The van der Waals surface area contributed by atoms with Crippen LogP contribution in [0.15, 0.2) is 24.5 Å². The lowest BCUT2D eigenvalue weighted by Crippen LogP contribution is -2.07. The molecule has 1 aromatic heterocycles. The summed E-state index contributed by atoms with van der Waals surface area (Å²) in [5.41, 5.74) is 6.26. The van der Waals surface area contributed by atoms with E-state index in [1.165, 1.54) is 36.2 Å². The van der Waals surface area contributed by atoms with Gasteiger partial charge in [0.05, 0.1) is 17.8 Å². The molecule has 7 heteroatoms. The summed E-state index contributed by atoms with van der Waals surface area (Å²) in [6.07, 6.45) is 1.34. The average molecular weight is 270 g/mol. The van der Waals surface area contributed by atoms with Crippen molar-refractivity contribution < 1.29 is 13.9 Å². The van der Waals surface area contributed by atoms with Gasteiger partial charge in [-0.05, 0) is 18.2 Å². The van der Waals surface area contributed by atoms with Gasteiger partial charge in [-0.1, -0.05) is 11.6 Å². The fourth-order valence-corrected chi connectivity index (χ4v) is 1.63. The van der Waals surface area contributed by atoms with Crippen LogP contribution in [0.3, 0.4) is 0 Å². The van der Waals surface area contributed by atoms with Gasteiger partial charge in [0.1, 0.15) is 18.0 Å². The maximum atomic E-state index is 13.0. The Morgan fingerprint density at radius 1 is 1.56 bits per heavy atom. The minimum Gasteiger partial charge on any atom is -0.464 e. The van der Waals surface area contributed by atoms with Crippen LogP contribution in [-0.4, -0.2) is 22.6 Å². The quantitative estimate of drug-likeness (QED) is 0.847. The Morgan fingerprint density at radius 3 is 2.89 bits per heavy atom. The van der Waals surface area contributed by atoms with Crippen LogP contribution in [0.1, 0.15) is 10.5 Å². The number of rotatable bonds is 2. The van der Waals surface area contributed by atoms with Crippen molar-refractivity contribution in [2.75, 3.05) is 12.8 Å². The highest BCUT2D eigenvalue weighted by atomic mass is 35.5. The van der Waals surface area contributed by atoms with Crippen molar-refractivity contribution in [3.63, 3.8) is 0 Å². The molecule has 2 aromatic rings. The lowest BCUT2D eigenvalue weighted by atomic mass is 10.3. The van der Waals surface area contributed by atoms with Crippen LogP contribution in [0.4, 0.5) is 10.2 Å². The van der Waals surface area contributed by atoms with E-state index >= 15 is 0 Å². The second-order valence-electron chi connectivity index (χ2n) is 3.44. The van der Waals surface area contributed by atoms with Crippen molar-refractivity contribution in [1.82, 2.24) is 9.55 Å². The summed E-state index contributed by atoms with van der Waals surface area (Å²) in [7, 11) is 1.23. The van der Waals surface area contributed by atoms with Gasteiger partial charge in [0.2, 0.25) is 0 Å². The minimum absolute atomic E-state index is 0.00190. The van der Waals surface area contributed by atoms with Gasteiger partial charge in [0.25, 0.3) is 0 Å². The first-order chi connectivity index (χ1) is 8.54. The molecule has 94 valence electrons. The fourth-order valence-electron chi connectivity index (χ4n) is 1.45. The summed E-state index contributed by atoms with van der Waals surface area (Å²) >= 11 is 5.67. The van der Waals surface area contributed by atoms with Crippen molar-refractivity contribution >= 4 is 23.4 Å². The molecular formula is C11H9ClFN3O2. The minimum atomic E-state index is -0.639. The molecule has 1 aromatic carbocycles. The third-order valence-electron chi connectivity index (χ3n) is 2.36. The molecule has 0 saturated carbocycles. The van der Waals surface area contributed by atoms with E-state index in [2.05, 4.69) is 9.72 Å². The van der Waals surface area contributed by atoms with Gasteiger partial charge in [0.15, 0.2) is 5.69 Å². The van der Waals surface area contributed by atoms with Crippen molar-refractivity contribution in [2.45, 2.75) is 0 Å². The molecule has 0 fully saturated rings. The van der Waals surface area contributed by atoms with E-state index in [9.17, 15) is 9.18 Å². The zero-order valence-corrected chi connectivity index (χ0v) is 10.1. The number of benzene rings is 1. The van der Waals surface area contributed by atoms with Gasteiger partial charge >= 0.3 is 5.97 Å². The summed E-state index contributed by atoms with van der Waals surface area (Å²) in [5, 5.41) is -0.0415. The molecule has 0 atom stereocenters. The van der Waals surface area contributed by atoms with Gasteiger partial charge in [-0.15, -0.1) is 0 Å². The molecule has 1 heterocycles. The van der Waals surface area contributed by atoms with E-state index in [1.807, 2.05) is 0 Å². The van der Waals surface area contributed by atoms with E-state index in [-0.39, 0.29) is 16.5 Å². The number of nitrogens with zero attached hydrogens (tertiary/aromatic N) is 2. The summed E-state index contributed by atoms with van der Waals surface area (Å²) < 4.78 is 19.0. The van der Waals surface area contributed by atoms with Gasteiger partial charge in [-0.25, -0.2) is 14.2 Å². The highest BCUT2D eigenvalue weighted by Crippen LogP contribution is 2.22. The Balaban J connectivity index is 2.48. The molecule has 5 nitrogen and oxygen atoms in total. The number of carbonyl (C=O) groups excluding carboxylic acids is 1. The maximum Gasteiger partial charge on any atom is 0.360 e. The highest BCUT2D eigenvalue weighted by Gasteiger charge is 2.17. The van der Waals surface area contributed by atoms with Crippen LogP contribution >= 0.6 is 11.6 Å². The number of aromatic nitrogens is 2. The highest BCUT2D eigenvalue weighted by molar-refractivity contribution is 6.30. The molecule has 0 saturated heterocycles. The van der Waals surface area contributed by atoms with Gasteiger partial charge < -0.3 is 10.5 Å². The third kappa shape index (κ3) is 2.02. The van der Waals surface area contributed by atoms with Crippen LogP contribution in [-0.2, 0) is 4.74 Å². The second kappa shape index (κ2) is 4.66. The van der Waals surface area contributed by atoms with Crippen molar-refractivity contribution in [1.29, 1.82) is 0 Å². The van der Waals surface area contributed by atoms with Crippen LogP contribution < -0.4 is 5.73 Å². The first-order valence-electron chi connectivity index (χ1n) is 4.91. The number of carbonyl (C=O) groups is 1. The average Bonchev–Trinajstić information content (AvgIpc) is 2.74. The number of hydrogen-bond donors (Lipinski definition) is 1. The van der Waals surface area contributed by atoms with Crippen molar-refractivity contribution in [3.05, 3.63) is 41.1 Å². The number of halogens is 2. The topological polar surface area (TPSA) is 70.1 Å². The number of ether oxygens (including phenoxy) is 1. The molecule has 2 N–H and O–H groups in total. The molecule has 0 aliphatic carbocycles. The van der Waals surface area contributed by atoms with Crippen LogP contribution in [0.25, 0.3) is 5.69 Å². The van der Waals surface area contributed by atoms with Gasteiger partial charge in [0, 0.05) is 0 Å². The van der Waals surface area contributed by atoms with Gasteiger partial charge in [-0.3, -0.25) is 4.57 Å². The number of nitrogens with two attached hydrogens (primary N) is 1. The smallest absolute Gasteiger partial charge is 0.360 e. The Bertz CT molecular complexity index is 612. The SMILES string of the molecule is COC(=O)c1ncn(-c2ccc(F)c(Cl)c2)c1N. The summed E-state index contributed by atoms with van der Waals surface area (Å²) in [5.74, 6) is -1.07. The normalized spacial score (nSPS) is 10.4. The zero-order valence-electron chi connectivity index (χ0n) is 9.35. The van der Waals surface area contributed by atoms with E-state index in [0.29, 0.717) is 5.69 Å². The molecule has 0 radical (unpaired) electrons. The summed E-state index contributed by atoms with van der Waals surface area (Å²) in [6, 6.07) is 4.06. The van der Waals surface area contributed by atoms with E-state index in [4.69, 9.17) is 17.3 Å². The van der Waals surface area contributed by atoms with Crippen LogP contribution in [0.2, 0.25) is 5.02 Å². The molecule has 0 amide bonds. The monoisotopic (exact) mass is 269 g/mol. The van der Waals surface area contributed by atoms with E-state index < -0.39 is 11.8 Å². The lowest BCUT2D eigenvalue weighted by Gasteiger charge is -2.06. The van der Waals surface area contributed by atoms with Crippen LogP contribution in [0, 0.1) is 5.82 Å². The Kier molecular flexibility index (Phi) is 3.20. The molecule has 0 bridgehead atoms. The first kappa shape index (κ1) is 12.4. The molecule has 0 unspecified atom stereocenters. The molecule has 0 spiro atoms. The predicted molar refractivity (Wildman–Crippen MR) is 64.3 cm³/mol. The summed E-state index contributed by atoms with van der Waals surface area (Å²) in [6.45, 7) is 0. The second-order valence-corrected chi connectivity index (χ2v) is 3.85. The largest absolute Gasteiger partial charge is 0.464 e. The number of esters is 1. The van der Waals surface area contributed by atoms with Crippen LogP contribution in [0.5, 0.6) is 0 Å². The lowest BCUT2D eigenvalue weighted by molar-refractivity contribution is 0.0596. The first-order valence-corrected chi connectivity index (χ1v) is 5.29. The Labute approximate surface area is 107 Å². The zero-order chi connectivity index (χ0) is 13.3. The Morgan fingerprint density at radius 2 is 2.28 bits per heavy atom. The number of nitrogen functional groups attached to an aromatic ring is 1. The molecule has 0 aliphatic rings. The fraction of sp³-hybridized carbons (Fsp3) is 0.0909. The van der Waals surface area contributed by atoms with E-state index in [1.54, 1.807) is 0 Å². The molecule has 0 aliphatic heterocycles.